The smallest absolute Gasteiger partial charge is 0.253 e. The number of hydrogen-bond acceptors (Lipinski definition) is 8. The summed E-state index contributed by atoms with van der Waals surface area (Å²) in [6, 6.07) is 3.62. The van der Waals surface area contributed by atoms with Gasteiger partial charge in [0.25, 0.3) is 10.9 Å². The summed E-state index contributed by atoms with van der Waals surface area (Å²) < 4.78 is 5.82. The van der Waals surface area contributed by atoms with Crippen molar-refractivity contribution in [1.82, 2.24) is 4.90 Å². The number of likely N-dealkylation sites (N-methyl/N-ethyl adjacent to an activating group) is 1. The number of aliphatic hydroxyl groups is 1. The lowest BCUT2D eigenvalue weighted by Crippen LogP contribution is -2.41. The molecule has 2 aliphatic heterocycles. The fraction of sp³-hybridized carbons (Fsp3) is 0.400. The van der Waals surface area contributed by atoms with E-state index in [1.54, 1.807) is 30.3 Å². The number of furan rings is 1. The summed E-state index contributed by atoms with van der Waals surface area (Å²) in [6.07, 6.45) is 6.39. The molecule has 0 aliphatic carbocycles. The topological polar surface area (TPSA) is 94.8 Å². The molecular formula is C20H23N3O4S. The highest BCUT2D eigenvalue weighted by molar-refractivity contribution is 8.00. The minimum Gasteiger partial charge on any atom is -0.464 e. The molecule has 0 amide bonds. The van der Waals surface area contributed by atoms with E-state index >= 15 is 0 Å². The third-order valence-corrected chi connectivity index (χ3v) is 6.61. The number of aryl methyl sites for hydroxylation is 1. The SMILES string of the molecule is Cc1ccc(C(Nc2c(NC3=CC=CN(C)C3O)c(=O)c2=O)C2CCCS2)o1. The van der Waals surface area contributed by atoms with Crippen LogP contribution in [0.15, 0.2) is 50.2 Å². The molecule has 0 radical (unpaired) electrons. The van der Waals surface area contributed by atoms with Crippen LogP contribution >= 0.6 is 11.8 Å². The van der Waals surface area contributed by atoms with Crippen LogP contribution in [0, 0.1) is 6.92 Å². The van der Waals surface area contributed by atoms with Gasteiger partial charge in [-0.25, -0.2) is 0 Å². The first-order chi connectivity index (χ1) is 13.5. The van der Waals surface area contributed by atoms with Crippen LogP contribution in [0.25, 0.3) is 0 Å². The molecule has 8 heteroatoms. The van der Waals surface area contributed by atoms with Gasteiger partial charge >= 0.3 is 0 Å². The second kappa shape index (κ2) is 7.52. The molecular weight excluding hydrogens is 378 g/mol. The van der Waals surface area contributed by atoms with Crippen molar-refractivity contribution in [2.24, 2.45) is 0 Å². The second-order valence-corrected chi connectivity index (χ2v) is 8.50. The first kappa shape index (κ1) is 18.9. The predicted molar refractivity (Wildman–Crippen MR) is 111 cm³/mol. The quantitative estimate of drug-likeness (QED) is 0.635. The van der Waals surface area contributed by atoms with Gasteiger partial charge in [0, 0.05) is 18.5 Å². The number of nitrogens with one attached hydrogen (secondary N) is 2. The summed E-state index contributed by atoms with van der Waals surface area (Å²) in [6.45, 7) is 1.88. The molecule has 28 heavy (non-hydrogen) atoms. The van der Waals surface area contributed by atoms with Gasteiger partial charge in [0.1, 0.15) is 22.9 Å². The van der Waals surface area contributed by atoms with Gasteiger partial charge in [-0.2, -0.15) is 11.8 Å². The summed E-state index contributed by atoms with van der Waals surface area (Å²) in [7, 11) is 1.73. The van der Waals surface area contributed by atoms with Crippen LogP contribution in [0.3, 0.4) is 0 Å². The lowest BCUT2D eigenvalue weighted by Gasteiger charge is -2.29. The van der Waals surface area contributed by atoms with Gasteiger partial charge in [-0.05, 0) is 49.8 Å². The number of hydrogen-bond donors (Lipinski definition) is 3. The van der Waals surface area contributed by atoms with Crippen molar-refractivity contribution >= 4 is 23.1 Å². The van der Waals surface area contributed by atoms with Gasteiger partial charge in [0.05, 0.1) is 11.7 Å². The third-order valence-electron chi connectivity index (χ3n) is 5.14. The van der Waals surface area contributed by atoms with Crippen LogP contribution in [0.2, 0.25) is 0 Å². The number of rotatable bonds is 6. The standard InChI is InChI=1S/C20H23N3O4S/c1-11-7-8-13(27-11)15(14-6-4-10-28-14)22-17-16(18(24)19(17)25)21-12-5-3-9-23(2)20(12)26/h3,5,7-9,14-15,20-22,26H,4,6,10H2,1-2H3. The summed E-state index contributed by atoms with van der Waals surface area (Å²) in [4.78, 5) is 26.1. The molecule has 4 rings (SSSR count). The molecule has 3 heterocycles. The minimum absolute atomic E-state index is 0.190. The number of thioether (sulfide) groups is 1. The maximum absolute atomic E-state index is 12.3. The average Bonchev–Trinajstić information content (AvgIpc) is 3.36. The van der Waals surface area contributed by atoms with Gasteiger partial charge in [-0.1, -0.05) is 0 Å². The second-order valence-electron chi connectivity index (χ2n) is 7.16. The first-order valence-corrected chi connectivity index (χ1v) is 10.3. The van der Waals surface area contributed by atoms with Gasteiger partial charge < -0.3 is 25.1 Å². The Hall–Kier alpha value is -2.45. The van der Waals surface area contributed by atoms with Gasteiger partial charge in [0.2, 0.25) is 0 Å². The molecule has 2 aromatic rings. The van der Waals surface area contributed by atoms with E-state index in [0.29, 0.717) is 5.70 Å². The van der Waals surface area contributed by atoms with Crippen molar-refractivity contribution in [1.29, 1.82) is 0 Å². The Kier molecular flexibility index (Phi) is 5.07. The Balaban J connectivity index is 1.61. The molecule has 0 bridgehead atoms. The molecule has 3 unspecified atom stereocenters. The van der Waals surface area contributed by atoms with Gasteiger partial charge in [-0.3, -0.25) is 9.59 Å². The van der Waals surface area contributed by atoms with E-state index in [0.717, 1.165) is 30.1 Å². The van der Waals surface area contributed by atoms with E-state index in [1.807, 2.05) is 30.8 Å². The molecule has 148 valence electrons. The Morgan fingerprint density at radius 2 is 2.07 bits per heavy atom. The zero-order chi connectivity index (χ0) is 19.8. The van der Waals surface area contributed by atoms with Crippen molar-refractivity contribution in [3.8, 4) is 0 Å². The number of allylic oxidation sites excluding steroid dienone is 2. The molecule has 2 aliphatic rings. The summed E-state index contributed by atoms with van der Waals surface area (Å²) >= 11 is 1.84. The zero-order valence-corrected chi connectivity index (χ0v) is 16.6. The molecule has 1 aromatic carbocycles. The van der Waals surface area contributed by atoms with E-state index in [2.05, 4.69) is 10.6 Å². The summed E-state index contributed by atoms with van der Waals surface area (Å²) in [5, 5.41) is 16.7. The Bertz CT molecular complexity index is 996. The fourth-order valence-electron chi connectivity index (χ4n) is 3.56. The maximum atomic E-state index is 12.3. The first-order valence-electron chi connectivity index (χ1n) is 9.29. The molecule has 0 saturated carbocycles. The van der Waals surface area contributed by atoms with E-state index in [4.69, 9.17) is 4.42 Å². The van der Waals surface area contributed by atoms with Crippen LogP contribution in [0.4, 0.5) is 11.4 Å². The molecule has 7 nitrogen and oxygen atoms in total. The Morgan fingerprint density at radius 1 is 1.29 bits per heavy atom. The average molecular weight is 401 g/mol. The van der Waals surface area contributed by atoms with Crippen molar-refractivity contribution in [2.45, 2.75) is 37.3 Å². The van der Waals surface area contributed by atoms with Crippen LogP contribution < -0.4 is 21.5 Å². The highest BCUT2D eigenvalue weighted by Gasteiger charge is 2.33. The predicted octanol–water partition coefficient (Wildman–Crippen LogP) is 2.31. The van der Waals surface area contributed by atoms with E-state index in [1.165, 1.54) is 0 Å². The number of anilines is 2. The van der Waals surface area contributed by atoms with E-state index in [9.17, 15) is 14.7 Å². The van der Waals surface area contributed by atoms with Crippen LogP contribution in [0.5, 0.6) is 0 Å². The third kappa shape index (κ3) is 3.38. The number of aliphatic hydroxyl groups excluding tert-OH is 1. The van der Waals surface area contributed by atoms with Crippen molar-refractivity contribution < 1.29 is 9.52 Å². The van der Waals surface area contributed by atoms with Gasteiger partial charge in [0.15, 0.2) is 6.23 Å². The normalized spacial score (nSPS) is 23.1. The maximum Gasteiger partial charge on any atom is 0.253 e. The largest absolute Gasteiger partial charge is 0.464 e. The van der Waals surface area contributed by atoms with Crippen molar-refractivity contribution in [3.63, 3.8) is 0 Å². The minimum atomic E-state index is -0.906. The molecule has 3 N–H and O–H groups in total. The monoisotopic (exact) mass is 401 g/mol. The Morgan fingerprint density at radius 3 is 2.75 bits per heavy atom. The van der Waals surface area contributed by atoms with E-state index in [-0.39, 0.29) is 22.7 Å². The molecule has 1 fully saturated rings. The van der Waals surface area contributed by atoms with E-state index < -0.39 is 17.1 Å². The summed E-state index contributed by atoms with van der Waals surface area (Å²) in [5.74, 6) is 2.63. The fourth-order valence-corrected chi connectivity index (χ4v) is 4.92. The lowest BCUT2D eigenvalue weighted by molar-refractivity contribution is 0.0871. The highest BCUT2D eigenvalue weighted by atomic mass is 32.2. The Labute approximate surface area is 166 Å². The van der Waals surface area contributed by atoms with Crippen LogP contribution in [0.1, 0.15) is 30.4 Å². The van der Waals surface area contributed by atoms with Crippen molar-refractivity contribution in [3.05, 3.63) is 68.1 Å². The van der Waals surface area contributed by atoms with Crippen LogP contribution in [-0.4, -0.2) is 34.3 Å². The van der Waals surface area contributed by atoms with Gasteiger partial charge in [-0.15, -0.1) is 0 Å². The molecule has 1 aromatic heterocycles. The van der Waals surface area contributed by atoms with Crippen molar-refractivity contribution in [2.75, 3.05) is 23.4 Å². The number of nitrogens with zero attached hydrogens (tertiary/aromatic N) is 1. The molecule has 0 spiro atoms. The molecule has 1 saturated heterocycles. The summed E-state index contributed by atoms with van der Waals surface area (Å²) in [5.41, 5.74) is -0.243. The molecule has 3 atom stereocenters. The van der Waals surface area contributed by atoms with Crippen LogP contribution in [-0.2, 0) is 0 Å². The highest BCUT2D eigenvalue weighted by Crippen LogP contribution is 2.39. The lowest BCUT2D eigenvalue weighted by atomic mass is 10.0. The zero-order valence-electron chi connectivity index (χ0n) is 15.8.